The highest BCUT2D eigenvalue weighted by atomic mass is 32.2. The largest absolute Gasteiger partial charge is 0.353 e. The van der Waals surface area contributed by atoms with Crippen LogP contribution in [0.25, 0.3) is 5.69 Å². The van der Waals surface area contributed by atoms with Crippen molar-refractivity contribution in [3.63, 3.8) is 0 Å². The van der Waals surface area contributed by atoms with Crippen molar-refractivity contribution in [2.75, 3.05) is 23.7 Å². The maximum atomic E-state index is 12.3. The number of aryl methyl sites for hydroxylation is 1. The van der Waals surface area contributed by atoms with E-state index in [9.17, 15) is 4.79 Å². The number of nitrogens with zero attached hydrogens (tertiary/aromatic N) is 4. The lowest BCUT2D eigenvalue weighted by molar-refractivity contribution is -0.119. The molecule has 4 rings (SSSR count). The molecule has 1 amide bonds. The number of hydrogen-bond donors (Lipinski definition) is 1. The van der Waals surface area contributed by atoms with Gasteiger partial charge in [0.15, 0.2) is 5.16 Å². The minimum atomic E-state index is 0.0700. The quantitative estimate of drug-likeness (QED) is 0.742. The number of carbonyl (C=O) groups excluding carboxylic acids is 1. The van der Waals surface area contributed by atoms with Crippen LogP contribution in [0.1, 0.15) is 38.2 Å². The SMILES string of the molecule is Cc1ccc(-n2c(SCC(=O)N[C@H](C)C3CC3)nnc2N2CCCC2)cc1. The van der Waals surface area contributed by atoms with E-state index < -0.39 is 0 Å². The normalized spacial score (nSPS) is 17.9. The predicted octanol–water partition coefficient (Wildman–Crippen LogP) is 3.18. The summed E-state index contributed by atoms with van der Waals surface area (Å²) in [5.41, 5.74) is 2.26. The maximum absolute atomic E-state index is 12.3. The molecule has 1 N–H and O–H groups in total. The van der Waals surface area contributed by atoms with Gasteiger partial charge in [0.2, 0.25) is 11.9 Å². The second-order valence-corrected chi connectivity index (χ2v) is 8.57. The molecule has 2 aliphatic rings. The molecule has 0 spiro atoms. The van der Waals surface area contributed by atoms with E-state index >= 15 is 0 Å². The van der Waals surface area contributed by atoms with Crippen LogP contribution in [-0.2, 0) is 4.79 Å². The Kier molecular flexibility index (Phi) is 5.38. The lowest BCUT2D eigenvalue weighted by atomic mass is 10.2. The van der Waals surface area contributed by atoms with Crippen molar-refractivity contribution >= 4 is 23.6 Å². The molecular formula is C20H27N5OS. The molecule has 1 aromatic carbocycles. The van der Waals surface area contributed by atoms with Crippen molar-refractivity contribution in [3.05, 3.63) is 29.8 Å². The molecule has 2 heterocycles. The Balaban J connectivity index is 1.52. The number of benzene rings is 1. The van der Waals surface area contributed by atoms with Gasteiger partial charge < -0.3 is 10.2 Å². The van der Waals surface area contributed by atoms with Crippen LogP contribution in [0.2, 0.25) is 0 Å². The van der Waals surface area contributed by atoms with E-state index in [4.69, 9.17) is 0 Å². The van der Waals surface area contributed by atoms with Crippen LogP contribution < -0.4 is 10.2 Å². The fourth-order valence-electron chi connectivity index (χ4n) is 3.54. The molecule has 0 bridgehead atoms. The fourth-order valence-corrected chi connectivity index (χ4v) is 4.30. The van der Waals surface area contributed by atoms with E-state index in [1.807, 2.05) is 0 Å². The first-order valence-electron chi connectivity index (χ1n) is 9.81. The third-order valence-corrected chi connectivity index (χ3v) is 6.28. The van der Waals surface area contributed by atoms with Gasteiger partial charge in [0.25, 0.3) is 0 Å². The minimum Gasteiger partial charge on any atom is -0.353 e. The molecule has 0 radical (unpaired) electrons. The first-order valence-corrected chi connectivity index (χ1v) is 10.8. The molecule has 6 nitrogen and oxygen atoms in total. The zero-order valence-electron chi connectivity index (χ0n) is 16.0. The average Bonchev–Trinajstić information content (AvgIpc) is 3.21. The van der Waals surface area contributed by atoms with Crippen molar-refractivity contribution in [3.8, 4) is 5.69 Å². The summed E-state index contributed by atoms with van der Waals surface area (Å²) in [7, 11) is 0. The van der Waals surface area contributed by atoms with Crippen LogP contribution in [0.4, 0.5) is 5.95 Å². The number of hydrogen-bond acceptors (Lipinski definition) is 5. The summed E-state index contributed by atoms with van der Waals surface area (Å²) in [6.07, 6.45) is 4.83. The summed E-state index contributed by atoms with van der Waals surface area (Å²) in [4.78, 5) is 14.6. The van der Waals surface area contributed by atoms with Crippen LogP contribution in [0.5, 0.6) is 0 Å². The molecule has 1 saturated heterocycles. The van der Waals surface area contributed by atoms with Crippen LogP contribution in [0.15, 0.2) is 29.4 Å². The number of aromatic nitrogens is 3. The third-order valence-electron chi connectivity index (χ3n) is 5.35. The highest BCUT2D eigenvalue weighted by Gasteiger charge is 2.29. The van der Waals surface area contributed by atoms with Crippen LogP contribution >= 0.6 is 11.8 Å². The second kappa shape index (κ2) is 7.92. The summed E-state index contributed by atoms with van der Waals surface area (Å²) in [6, 6.07) is 8.66. The Morgan fingerprint density at radius 1 is 1.22 bits per heavy atom. The molecule has 1 aliphatic carbocycles. The van der Waals surface area contributed by atoms with Crippen LogP contribution in [0, 0.1) is 12.8 Å². The number of amides is 1. The van der Waals surface area contributed by atoms with Crippen molar-refractivity contribution in [2.24, 2.45) is 5.92 Å². The van der Waals surface area contributed by atoms with Gasteiger partial charge >= 0.3 is 0 Å². The Labute approximate surface area is 164 Å². The third kappa shape index (κ3) is 4.29. The van der Waals surface area contributed by atoms with Gasteiger partial charge in [0, 0.05) is 19.1 Å². The van der Waals surface area contributed by atoms with E-state index in [2.05, 4.69) is 63.1 Å². The first-order chi connectivity index (χ1) is 13.1. The number of nitrogens with one attached hydrogen (secondary N) is 1. The van der Waals surface area contributed by atoms with Gasteiger partial charge in [-0.1, -0.05) is 29.5 Å². The molecular weight excluding hydrogens is 358 g/mol. The molecule has 27 heavy (non-hydrogen) atoms. The zero-order chi connectivity index (χ0) is 18.8. The van der Waals surface area contributed by atoms with E-state index in [0.717, 1.165) is 29.9 Å². The maximum Gasteiger partial charge on any atom is 0.232 e. The van der Waals surface area contributed by atoms with Crippen LogP contribution in [-0.4, -0.2) is 45.6 Å². The first kappa shape index (κ1) is 18.3. The molecule has 144 valence electrons. The molecule has 7 heteroatoms. The van der Waals surface area contributed by atoms with Gasteiger partial charge in [-0.2, -0.15) is 0 Å². The Morgan fingerprint density at radius 3 is 2.59 bits per heavy atom. The number of anilines is 1. The topological polar surface area (TPSA) is 63.1 Å². The van der Waals surface area contributed by atoms with Crippen molar-refractivity contribution in [1.82, 2.24) is 20.1 Å². The smallest absolute Gasteiger partial charge is 0.232 e. The number of carbonyl (C=O) groups is 1. The van der Waals surface area contributed by atoms with Gasteiger partial charge in [-0.15, -0.1) is 10.2 Å². The van der Waals surface area contributed by atoms with Gasteiger partial charge in [-0.05, 0) is 57.6 Å². The predicted molar refractivity (Wildman–Crippen MR) is 109 cm³/mol. The minimum absolute atomic E-state index is 0.0700. The highest BCUT2D eigenvalue weighted by molar-refractivity contribution is 7.99. The van der Waals surface area contributed by atoms with Gasteiger partial charge in [-0.3, -0.25) is 9.36 Å². The van der Waals surface area contributed by atoms with Gasteiger partial charge in [-0.25, -0.2) is 0 Å². The molecule has 2 aromatic rings. The van der Waals surface area contributed by atoms with Crippen molar-refractivity contribution in [2.45, 2.75) is 50.7 Å². The van der Waals surface area contributed by atoms with E-state index in [0.29, 0.717) is 11.7 Å². The Bertz CT molecular complexity index is 793. The summed E-state index contributed by atoms with van der Waals surface area (Å²) in [6.45, 7) is 6.20. The van der Waals surface area contributed by atoms with E-state index in [1.165, 1.54) is 43.0 Å². The number of thioether (sulfide) groups is 1. The number of rotatable bonds is 7. The summed E-state index contributed by atoms with van der Waals surface area (Å²) < 4.78 is 2.09. The van der Waals surface area contributed by atoms with Crippen LogP contribution in [0.3, 0.4) is 0 Å². The summed E-state index contributed by atoms with van der Waals surface area (Å²) in [5.74, 6) is 1.98. The molecule has 1 aromatic heterocycles. The standard InChI is InChI=1S/C20H27N5OS/c1-14-5-9-17(10-6-14)25-19(24-11-3-4-12-24)22-23-20(25)27-13-18(26)21-15(2)16-7-8-16/h5-6,9-10,15-16H,3-4,7-8,11-13H2,1-2H3,(H,21,26)/t15-/m1/s1. The van der Waals surface area contributed by atoms with Crippen molar-refractivity contribution in [1.29, 1.82) is 0 Å². The monoisotopic (exact) mass is 385 g/mol. The van der Waals surface area contributed by atoms with E-state index in [1.54, 1.807) is 0 Å². The molecule has 2 fully saturated rings. The average molecular weight is 386 g/mol. The molecule has 1 aliphatic heterocycles. The van der Waals surface area contributed by atoms with Crippen molar-refractivity contribution < 1.29 is 4.79 Å². The highest BCUT2D eigenvalue weighted by Crippen LogP contribution is 2.32. The van der Waals surface area contributed by atoms with Gasteiger partial charge in [0.1, 0.15) is 0 Å². The lowest BCUT2D eigenvalue weighted by Gasteiger charge is -2.18. The van der Waals surface area contributed by atoms with E-state index in [-0.39, 0.29) is 11.9 Å². The summed E-state index contributed by atoms with van der Waals surface area (Å²) in [5, 5.41) is 12.8. The lowest BCUT2D eigenvalue weighted by Crippen LogP contribution is -2.35. The molecule has 0 unspecified atom stereocenters. The Hall–Kier alpha value is -2.02. The molecule has 1 atom stereocenters. The summed E-state index contributed by atoms with van der Waals surface area (Å²) >= 11 is 1.46. The molecule has 1 saturated carbocycles. The van der Waals surface area contributed by atoms with Gasteiger partial charge in [0.05, 0.1) is 11.4 Å². The Morgan fingerprint density at radius 2 is 1.93 bits per heavy atom. The fraction of sp³-hybridized carbons (Fsp3) is 0.550. The second-order valence-electron chi connectivity index (χ2n) is 7.63. The zero-order valence-corrected chi connectivity index (χ0v) is 16.8.